The number of thioether (sulfide) groups is 1. The molecule has 0 rings (SSSR count). The van der Waals surface area contributed by atoms with Gasteiger partial charge in [0.1, 0.15) is 6.10 Å². The third-order valence-electron chi connectivity index (χ3n) is 8.29. The number of unbranched alkanes of at least 4 members (excludes halogenated alkanes) is 13. The largest absolute Gasteiger partial charge is 0.462 e. The second-order valence-electron chi connectivity index (χ2n) is 13.1. The zero-order valence-corrected chi connectivity index (χ0v) is 31.6. The van der Waals surface area contributed by atoms with E-state index in [-0.39, 0.29) is 17.3 Å². The fourth-order valence-corrected chi connectivity index (χ4v) is 6.33. The van der Waals surface area contributed by atoms with Gasteiger partial charge in [-0.15, -0.1) is 0 Å². The smallest absolute Gasteiger partial charge is 0.306 e. The Kier molecular flexibility index (Phi) is 33.0. The summed E-state index contributed by atoms with van der Waals surface area (Å²) in [6, 6.07) is 0. The summed E-state index contributed by atoms with van der Waals surface area (Å²) in [7, 11) is 4.00. The number of esters is 1. The highest BCUT2D eigenvalue weighted by molar-refractivity contribution is 8.13. The number of aliphatic hydroxyl groups excluding tert-OH is 1. The first-order chi connectivity index (χ1) is 22.3. The fourth-order valence-electron chi connectivity index (χ4n) is 5.33. The van der Waals surface area contributed by atoms with Crippen LogP contribution in [0.4, 0.5) is 4.79 Å². The number of rotatable bonds is 33. The molecular formula is C38H74N2O5S. The highest BCUT2D eigenvalue weighted by Gasteiger charge is 2.18. The van der Waals surface area contributed by atoms with Gasteiger partial charge in [-0.3, -0.25) is 9.59 Å². The van der Waals surface area contributed by atoms with Gasteiger partial charge < -0.3 is 24.4 Å². The molecule has 0 radical (unpaired) electrons. The molecule has 0 aromatic heterocycles. The molecule has 0 aliphatic rings. The number of ether oxygens (including phenoxy) is 2. The average molecular weight is 671 g/mol. The van der Waals surface area contributed by atoms with E-state index in [0.29, 0.717) is 45.4 Å². The molecule has 0 aliphatic carbocycles. The third kappa shape index (κ3) is 30.3. The van der Waals surface area contributed by atoms with Gasteiger partial charge in [0.05, 0.1) is 6.61 Å². The summed E-state index contributed by atoms with van der Waals surface area (Å²) < 4.78 is 11.5. The Morgan fingerprint density at radius 1 is 0.696 bits per heavy atom. The van der Waals surface area contributed by atoms with Crippen molar-refractivity contribution in [2.75, 3.05) is 46.1 Å². The van der Waals surface area contributed by atoms with E-state index in [1.165, 1.54) is 95.2 Å². The average Bonchev–Trinajstić information content (AvgIpc) is 3.02. The molecule has 0 fully saturated rings. The summed E-state index contributed by atoms with van der Waals surface area (Å²) in [5.41, 5.74) is 0. The molecule has 272 valence electrons. The highest BCUT2D eigenvalue weighted by atomic mass is 32.2. The van der Waals surface area contributed by atoms with Crippen LogP contribution in [-0.2, 0) is 14.3 Å². The lowest BCUT2D eigenvalue weighted by atomic mass is 10.0. The van der Waals surface area contributed by atoms with Crippen molar-refractivity contribution in [2.45, 2.75) is 174 Å². The van der Waals surface area contributed by atoms with Crippen molar-refractivity contribution in [1.29, 1.82) is 0 Å². The fraction of sp³-hybridized carbons (Fsp3) is 0.895. The maximum absolute atomic E-state index is 13.0. The number of allylic oxidation sites excluding steroid dienone is 1. The molecule has 0 saturated carbocycles. The van der Waals surface area contributed by atoms with E-state index in [9.17, 15) is 14.7 Å². The quantitative estimate of drug-likeness (QED) is 0.0322. The molecule has 0 spiro atoms. The molecule has 0 heterocycles. The number of carbonyl (C=O) groups is 2. The lowest BCUT2D eigenvalue weighted by Crippen LogP contribution is -2.32. The minimum atomic E-state index is -0.844. The molecule has 0 bridgehead atoms. The molecule has 1 amide bonds. The lowest BCUT2D eigenvalue weighted by Gasteiger charge is -2.23. The summed E-state index contributed by atoms with van der Waals surface area (Å²) in [5.74, 6) is 0.582. The maximum atomic E-state index is 13.0. The Bertz CT molecular complexity index is 721. The zero-order chi connectivity index (χ0) is 34.1. The van der Waals surface area contributed by atoms with Crippen LogP contribution >= 0.6 is 11.8 Å². The van der Waals surface area contributed by atoms with E-state index in [2.05, 4.69) is 31.7 Å². The van der Waals surface area contributed by atoms with Gasteiger partial charge in [0.25, 0.3) is 5.24 Å². The predicted molar refractivity (Wildman–Crippen MR) is 198 cm³/mol. The Morgan fingerprint density at radius 2 is 1.26 bits per heavy atom. The van der Waals surface area contributed by atoms with Crippen LogP contribution < -0.4 is 0 Å². The van der Waals surface area contributed by atoms with Crippen LogP contribution in [-0.4, -0.2) is 84.6 Å². The van der Waals surface area contributed by atoms with E-state index in [4.69, 9.17) is 9.47 Å². The molecule has 0 aromatic carbocycles. The summed E-state index contributed by atoms with van der Waals surface area (Å²) in [6.07, 6.45) is 26.7. The summed E-state index contributed by atoms with van der Waals surface area (Å²) >= 11 is 1.32. The molecular weight excluding hydrogens is 596 g/mol. The number of nitrogens with zero attached hydrogens (tertiary/aromatic N) is 2. The second kappa shape index (κ2) is 33.8. The molecule has 0 saturated heterocycles. The van der Waals surface area contributed by atoms with Crippen molar-refractivity contribution in [1.82, 2.24) is 9.80 Å². The van der Waals surface area contributed by atoms with Crippen LogP contribution in [0, 0.1) is 0 Å². The van der Waals surface area contributed by atoms with E-state index in [1.54, 1.807) is 0 Å². The molecule has 2 atom stereocenters. The van der Waals surface area contributed by atoms with Crippen molar-refractivity contribution in [2.24, 2.45) is 0 Å². The maximum Gasteiger partial charge on any atom is 0.306 e. The van der Waals surface area contributed by atoms with Crippen molar-refractivity contribution >= 4 is 23.0 Å². The number of aliphatic hydroxyl groups is 1. The van der Waals surface area contributed by atoms with E-state index < -0.39 is 6.29 Å². The van der Waals surface area contributed by atoms with E-state index >= 15 is 0 Å². The van der Waals surface area contributed by atoms with Crippen LogP contribution in [0.2, 0.25) is 0 Å². The first kappa shape index (κ1) is 44.9. The van der Waals surface area contributed by atoms with Gasteiger partial charge in [0.15, 0.2) is 6.29 Å². The Hall–Kier alpha value is -1.09. The highest BCUT2D eigenvalue weighted by Crippen LogP contribution is 2.18. The zero-order valence-electron chi connectivity index (χ0n) is 30.8. The van der Waals surface area contributed by atoms with Crippen molar-refractivity contribution in [3.63, 3.8) is 0 Å². The number of hydrogen-bond donors (Lipinski definition) is 1. The molecule has 0 aromatic rings. The molecule has 7 nitrogen and oxygen atoms in total. The van der Waals surface area contributed by atoms with Crippen molar-refractivity contribution in [3.05, 3.63) is 12.2 Å². The molecule has 0 aliphatic heterocycles. The van der Waals surface area contributed by atoms with Gasteiger partial charge in [-0.05, 0) is 71.9 Å². The third-order valence-corrected chi connectivity index (χ3v) is 9.19. The van der Waals surface area contributed by atoms with E-state index in [1.807, 2.05) is 25.1 Å². The summed E-state index contributed by atoms with van der Waals surface area (Å²) in [6.45, 7) is 8.96. The van der Waals surface area contributed by atoms with Crippen LogP contribution in [0.25, 0.3) is 0 Å². The molecule has 8 heteroatoms. The number of amides is 1. The Balaban J connectivity index is 4.72. The lowest BCUT2D eigenvalue weighted by molar-refractivity contribution is -0.150. The predicted octanol–water partition coefficient (Wildman–Crippen LogP) is 10.1. The molecule has 1 N–H and O–H groups in total. The molecule has 2 unspecified atom stereocenters. The SMILES string of the molecule is CCCCCC/C=C\COC(O)CCCN(CCCC(=O)OC(CCCCCCC)CCCCCCCC)C(=O)SCCN(C)C. The summed E-state index contributed by atoms with van der Waals surface area (Å²) in [4.78, 5) is 29.8. The normalized spacial score (nSPS) is 13.0. The Morgan fingerprint density at radius 3 is 1.87 bits per heavy atom. The number of hydrogen-bond acceptors (Lipinski definition) is 7. The van der Waals surface area contributed by atoms with Gasteiger partial charge >= 0.3 is 5.97 Å². The Labute approximate surface area is 289 Å². The standard InChI is InChI=1S/C38H74N2O5S/c1-6-9-12-15-17-20-23-33-44-36(41)28-24-30-40(38(43)46-34-32-39(4)5)31-25-29-37(42)45-35(26-21-18-14-11-8-3)27-22-19-16-13-10-7-2/h20,23,35-36,41H,6-19,21-22,24-34H2,1-5H3/b23-20-. The van der Waals surface area contributed by atoms with Gasteiger partial charge in [0, 0.05) is 31.8 Å². The first-order valence-corrected chi connectivity index (χ1v) is 20.0. The summed E-state index contributed by atoms with van der Waals surface area (Å²) in [5, 5.41) is 10.3. The number of carbonyl (C=O) groups excluding carboxylic acids is 2. The topological polar surface area (TPSA) is 79.3 Å². The van der Waals surface area contributed by atoms with Gasteiger partial charge in [-0.1, -0.05) is 122 Å². The second-order valence-corrected chi connectivity index (χ2v) is 14.2. The van der Waals surface area contributed by atoms with Crippen LogP contribution in [0.3, 0.4) is 0 Å². The van der Waals surface area contributed by atoms with E-state index in [0.717, 1.165) is 44.4 Å². The van der Waals surface area contributed by atoms with Crippen LogP contribution in [0.15, 0.2) is 12.2 Å². The monoisotopic (exact) mass is 671 g/mol. The van der Waals surface area contributed by atoms with Gasteiger partial charge in [0.2, 0.25) is 0 Å². The van der Waals surface area contributed by atoms with Gasteiger partial charge in [-0.2, -0.15) is 0 Å². The van der Waals surface area contributed by atoms with Crippen molar-refractivity contribution in [3.8, 4) is 0 Å². The minimum Gasteiger partial charge on any atom is -0.462 e. The van der Waals surface area contributed by atoms with Crippen LogP contribution in [0.1, 0.15) is 162 Å². The van der Waals surface area contributed by atoms with Crippen LogP contribution in [0.5, 0.6) is 0 Å². The van der Waals surface area contributed by atoms with Crippen molar-refractivity contribution < 1.29 is 24.2 Å². The first-order valence-electron chi connectivity index (χ1n) is 19.0. The molecule has 46 heavy (non-hydrogen) atoms. The minimum absolute atomic E-state index is 0.0111. The van der Waals surface area contributed by atoms with Gasteiger partial charge in [-0.25, -0.2) is 0 Å².